The van der Waals surface area contributed by atoms with Crippen LogP contribution >= 0.6 is 12.4 Å². The lowest BCUT2D eigenvalue weighted by molar-refractivity contribution is -0.140. The Labute approximate surface area is 149 Å². The molecule has 0 spiro atoms. The second-order valence-corrected chi connectivity index (χ2v) is 6.57. The molecule has 24 heavy (non-hydrogen) atoms. The van der Waals surface area contributed by atoms with E-state index in [1.54, 1.807) is 0 Å². The summed E-state index contributed by atoms with van der Waals surface area (Å²) >= 11 is 0. The molecule has 0 saturated heterocycles. The van der Waals surface area contributed by atoms with Gasteiger partial charge in [0.2, 0.25) is 5.91 Å². The minimum Gasteiger partial charge on any atom is -0.469 e. The smallest absolute Gasteiger partial charge is 0.305 e. The number of nitrogens with one attached hydrogen (secondary N) is 1. The van der Waals surface area contributed by atoms with Crippen LogP contribution in [0.4, 0.5) is 5.69 Å². The normalized spacial score (nSPS) is 23.0. The lowest BCUT2D eigenvalue weighted by Crippen LogP contribution is -2.51. The van der Waals surface area contributed by atoms with Crippen molar-refractivity contribution in [3.8, 4) is 0 Å². The molecule has 0 aromatic heterocycles. The van der Waals surface area contributed by atoms with E-state index in [0.717, 1.165) is 36.9 Å². The number of anilines is 1. The average Bonchev–Trinajstić information content (AvgIpc) is 2.53. The highest BCUT2D eigenvalue weighted by atomic mass is 35.5. The first-order chi connectivity index (χ1) is 10.9. The predicted octanol–water partition coefficient (Wildman–Crippen LogP) is 3.06. The van der Waals surface area contributed by atoms with Gasteiger partial charge in [0.25, 0.3) is 0 Å². The van der Waals surface area contributed by atoms with Gasteiger partial charge in [-0.1, -0.05) is 25.0 Å². The standard InChI is InChI=1S/C18H26N2O3.ClH/c1-18(19)12-4-3-5-15(18)17(22)20-14-9-6-13(7-10-14)8-11-16(21)23-2;/h6-7,9-10,15H,3-5,8,11-12,19H2,1-2H3,(H,20,22);1H. The molecular formula is C18H27ClN2O3. The largest absolute Gasteiger partial charge is 0.469 e. The number of methoxy groups -OCH3 is 1. The molecule has 3 N–H and O–H groups in total. The Hall–Kier alpha value is -1.59. The fourth-order valence-corrected chi connectivity index (χ4v) is 3.12. The third kappa shape index (κ3) is 5.49. The fourth-order valence-electron chi connectivity index (χ4n) is 3.12. The van der Waals surface area contributed by atoms with Crippen LogP contribution in [0.3, 0.4) is 0 Å². The second kappa shape index (κ2) is 9.04. The SMILES string of the molecule is COC(=O)CCc1ccc(NC(=O)C2CCCCC2(C)N)cc1.Cl. The molecule has 1 amide bonds. The number of esters is 1. The Balaban J connectivity index is 0.00000288. The monoisotopic (exact) mass is 354 g/mol. The topological polar surface area (TPSA) is 81.4 Å². The molecule has 134 valence electrons. The number of carbonyl (C=O) groups is 2. The van der Waals surface area contributed by atoms with Gasteiger partial charge in [-0.05, 0) is 43.9 Å². The maximum Gasteiger partial charge on any atom is 0.305 e. The van der Waals surface area contributed by atoms with Gasteiger partial charge in [-0.3, -0.25) is 9.59 Å². The number of carbonyl (C=O) groups excluding carboxylic acids is 2. The predicted molar refractivity (Wildman–Crippen MR) is 97.2 cm³/mol. The van der Waals surface area contributed by atoms with E-state index in [-0.39, 0.29) is 30.2 Å². The van der Waals surface area contributed by atoms with E-state index in [4.69, 9.17) is 5.73 Å². The van der Waals surface area contributed by atoms with Crippen molar-refractivity contribution >= 4 is 30.0 Å². The van der Waals surface area contributed by atoms with Crippen LogP contribution in [0.1, 0.15) is 44.6 Å². The molecule has 1 aromatic carbocycles. The third-order valence-corrected chi connectivity index (χ3v) is 4.64. The highest BCUT2D eigenvalue weighted by molar-refractivity contribution is 5.93. The Bertz CT molecular complexity index is 558. The van der Waals surface area contributed by atoms with Crippen molar-refractivity contribution in [2.75, 3.05) is 12.4 Å². The van der Waals surface area contributed by atoms with Gasteiger partial charge >= 0.3 is 5.97 Å². The minimum absolute atomic E-state index is 0. The molecule has 2 unspecified atom stereocenters. The number of amides is 1. The molecule has 0 radical (unpaired) electrons. The number of ether oxygens (including phenoxy) is 1. The van der Waals surface area contributed by atoms with Crippen LogP contribution in [0.5, 0.6) is 0 Å². The third-order valence-electron chi connectivity index (χ3n) is 4.64. The molecule has 0 aliphatic heterocycles. The van der Waals surface area contributed by atoms with Crippen molar-refractivity contribution in [1.29, 1.82) is 0 Å². The van der Waals surface area contributed by atoms with Crippen molar-refractivity contribution in [3.63, 3.8) is 0 Å². The molecule has 2 rings (SSSR count). The van der Waals surface area contributed by atoms with Gasteiger partial charge < -0.3 is 15.8 Å². The van der Waals surface area contributed by atoms with Crippen LogP contribution < -0.4 is 11.1 Å². The van der Waals surface area contributed by atoms with Gasteiger partial charge in [-0.25, -0.2) is 0 Å². The zero-order chi connectivity index (χ0) is 16.9. The van der Waals surface area contributed by atoms with E-state index >= 15 is 0 Å². The van der Waals surface area contributed by atoms with Gasteiger partial charge in [-0.15, -0.1) is 12.4 Å². The zero-order valence-corrected chi connectivity index (χ0v) is 15.2. The Morgan fingerprint density at radius 2 is 1.96 bits per heavy atom. The van der Waals surface area contributed by atoms with E-state index in [9.17, 15) is 9.59 Å². The molecule has 0 heterocycles. The number of rotatable bonds is 5. The number of hydrogen-bond acceptors (Lipinski definition) is 4. The average molecular weight is 355 g/mol. The van der Waals surface area contributed by atoms with Crippen LogP contribution in [0.2, 0.25) is 0 Å². The lowest BCUT2D eigenvalue weighted by atomic mass is 9.74. The fraction of sp³-hybridized carbons (Fsp3) is 0.556. The Morgan fingerprint density at radius 3 is 2.54 bits per heavy atom. The molecule has 6 heteroatoms. The Kier molecular flexibility index (Phi) is 7.70. The molecule has 1 aliphatic carbocycles. The summed E-state index contributed by atoms with van der Waals surface area (Å²) in [5, 5.41) is 2.96. The summed E-state index contributed by atoms with van der Waals surface area (Å²) < 4.78 is 4.63. The summed E-state index contributed by atoms with van der Waals surface area (Å²) in [6, 6.07) is 7.56. The first-order valence-corrected chi connectivity index (χ1v) is 8.18. The number of benzene rings is 1. The van der Waals surface area contributed by atoms with Crippen molar-refractivity contribution in [2.45, 2.75) is 51.0 Å². The van der Waals surface area contributed by atoms with E-state index in [1.807, 2.05) is 31.2 Å². The molecule has 2 atom stereocenters. The van der Waals surface area contributed by atoms with Crippen molar-refractivity contribution in [1.82, 2.24) is 0 Å². The number of hydrogen-bond donors (Lipinski definition) is 2. The summed E-state index contributed by atoms with van der Waals surface area (Å²) in [6.07, 6.45) is 4.86. The molecule has 0 bridgehead atoms. The first kappa shape index (κ1) is 20.5. The van der Waals surface area contributed by atoms with Gasteiger partial charge in [-0.2, -0.15) is 0 Å². The van der Waals surface area contributed by atoms with Crippen molar-refractivity contribution in [2.24, 2.45) is 11.7 Å². The molecule has 5 nitrogen and oxygen atoms in total. The van der Waals surface area contributed by atoms with Gasteiger partial charge in [0, 0.05) is 17.6 Å². The van der Waals surface area contributed by atoms with Crippen LogP contribution in [-0.2, 0) is 20.7 Å². The van der Waals surface area contributed by atoms with E-state index in [0.29, 0.717) is 12.8 Å². The van der Waals surface area contributed by atoms with Crippen LogP contribution in [-0.4, -0.2) is 24.5 Å². The molecular weight excluding hydrogens is 328 g/mol. The van der Waals surface area contributed by atoms with Crippen molar-refractivity contribution < 1.29 is 14.3 Å². The maximum atomic E-state index is 12.5. The molecule has 1 fully saturated rings. The second-order valence-electron chi connectivity index (χ2n) is 6.57. The highest BCUT2D eigenvalue weighted by Gasteiger charge is 2.37. The summed E-state index contributed by atoms with van der Waals surface area (Å²) in [5.41, 5.74) is 7.65. The number of nitrogens with two attached hydrogens (primary N) is 1. The summed E-state index contributed by atoms with van der Waals surface area (Å²) in [5.74, 6) is -0.367. The van der Waals surface area contributed by atoms with E-state index < -0.39 is 5.54 Å². The number of halogens is 1. The van der Waals surface area contributed by atoms with Crippen LogP contribution in [0.25, 0.3) is 0 Å². The summed E-state index contributed by atoms with van der Waals surface area (Å²) in [4.78, 5) is 23.6. The van der Waals surface area contributed by atoms with Crippen LogP contribution in [0, 0.1) is 5.92 Å². The highest BCUT2D eigenvalue weighted by Crippen LogP contribution is 2.32. The van der Waals surface area contributed by atoms with Gasteiger partial charge in [0.15, 0.2) is 0 Å². The summed E-state index contributed by atoms with van der Waals surface area (Å²) in [7, 11) is 1.39. The number of aryl methyl sites for hydroxylation is 1. The quantitative estimate of drug-likeness (QED) is 0.796. The molecule has 1 aromatic rings. The zero-order valence-electron chi connectivity index (χ0n) is 14.3. The first-order valence-electron chi connectivity index (χ1n) is 8.18. The van der Waals surface area contributed by atoms with Gasteiger partial charge in [0.05, 0.1) is 13.0 Å². The van der Waals surface area contributed by atoms with E-state index in [1.165, 1.54) is 7.11 Å². The lowest BCUT2D eigenvalue weighted by Gasteiger charge is -2.37. The van der Waals surface area contributed by atoms with Crippen molar-refractivity contribution in [3.05, 3.63) is 29.8 Å². The molecule has 1 aliphatic rings. The van der Waals surface area contributed by atoms with Crippen LogP contribution in [0.15, 0.2) is 24.3 Å². The maximum absolute atomic E-state index is 12.5. The van der Waals surface area contributed by atoms with Gasteiger partial charge in [0.1, 0.15) is 0 Å². The Morgan fingerprint density at radius 1 is 1.29 bits per heavy atom. The minimum atomic E-state index is -0.428. The van der Waals surface area contributed by atoms with E-state index in [2.05, 4.69) is 10.1 Å². The summed E-state index contributed by atoms with van der Waals surface area (Å²) in [6.45, 7) is 1.96. The molecule has 1 saturated carbocycles.